The molecule has 1 fully saturated rings. The predicted octanol–water partition coefficient (Wildman–Crippen LogP) is 2.49. The van der Waals surface area contributed by atoms with E-state index in [-0.39, 0.29) is 17.7 Å². The van der Waals surface area contributed by atoms with Crippen molar-refractivity contribution >= 4 is 22.7 Å². The van der Waals surface area contributed by atoms with Crippen LogP contribution in [0.4, 0.5) is 0 Å². The van der Waals surface area contributed by atoms with E-state index in [2.05, 4.69) is 0 Å². The molecule has 2 aromatic rings. The Bertz CT molecular complexity index is 985. The van der Waals surface area contributed by atoms with Crippen LogP contribution in [-0.4, -0.2) is 28.7 Å². The van der Waals surface area contributed by atoms with E-state index in [4.69, 9.17) is 4.98 Å². The highest BCUT2D eigenvalue weighted by Crippen LogP contribution is 2.52. The van der Waals surface area contributed by atoms with Gasteiger partial charge in [-0.05, 0) is 23.3 Å². The van der Waals surface area contributed by atoms with Gasteiger partial charge in [0.2, 0.25) is 0 Å². The molecular weight excluding hydrogens is 288 g/mol. The van der Waals surface area contributed by atoms with E-state index in [9.17, 15) is 9.59 Å². The van der Waals surface area contributed by atoms with Crippen molar-refractivity contribution in [3.63, 3.8) is 0 Å². The van der Waals surface area contributed by atoms with Gasteiger partial charge in [-0.25, -0.2) is 0 Å². The van der Waals surface area contributed by atoms with Crippen molar-refractivity contribution in [3.8, 4) is 0 Å². The zero-order chi connectivity index (χ0) is 15.7. The number of likely N-dealkylation sites (N-methyl/N-ethyl adjacent to an activating group) is 1. The summed E-state index contributed by atoms with van der Waals surface area (Å²) in [5.41, 5.74) is 4.75. The SMILES string of the molecule is CN1C(=O)C2=C3C=CC(=C2C1=O)C3c1ccc2ccccc2n1. The van der Waals surface area contributed by atoms with Crippen LogP contribution in [0.5, 0.6) is 0 Å². The smallest absolute Gasteiger partial charge is 0.261 e. The van der Waals surface area contributed by atoms with Crippen molar-refractivity contribution < 1.29 is 9.59 Å². The number of carbonyl (C=O) groups excluding carboxylic acids is 2. The van der Waals surface area contributed by atoms with Gasteiger partial charge in [-0.2, -0.15) is 0 Å². The summed E-state index contributed by atoms with van der Waals surface area (Å²) < 4.78 is 0. The van der Waals surface area contributed by atoms with E-state index in [0.717, 1.165) is 27.7 Å². The standard InChI is InChI=1S/C19H12N2O2/c1-21-18(22)16-11-7-8-12(17(16)19(21)23)15(11)14-9-6-10-4-2-3-5-13(10)20-14/h2-9,15H,1H3. The fourth-order valence-corrected chi connectivity index (χ4v) is 3.73. The zero-order valence-electron chi connectivity index (χ0n) is 12.4. The Morgan fingerprint density at radius 1 is 0.913 bits per heavy atom. The number of allylic oxidation sites excluding steroid dienone is 4. The predicted molar refractivity (Wildman–Crippen MR) is 85.5 cm³/mol. The van der Waals surface area contributed by atoms with E-state index in [1.54, 1.807) is 0 Å². The summed E-state index contributed by atoms with van der Waals surface area (Å²) in [4.78, 5) is 30.6. The second kappa shape index (κ2) is 4.04. The van der Waals surface area contributed by atoms with Gasteiger partial charge in [0, 0.05) is 12.4 Å². The summed E-state index contributed by atoms with van der Waals surface area (Å²) >= 11 is 0. The number of imide groups is 1. The van der Waals surface area contributed by atoms with Gasteiger partial charge in [0.25, 0.3) is 11.8 Å². The molecule has 2 bridgehead atoms. The van der Waals surface area contributed by atoms with Gasteiger partial charge in [-0.1, -0.05) is 36.4 Å². The number of rotatable bonds is 1. The third-order valence-electron chi connectivity index (χ3n) is 4.84. The molecule has 110 valence electrons. The van der Waals surface area contributed by atoms with Gasteiger partial charge in [0.15, 0.2) is 0 Å². The van der Waals surface area contributed by atoms with Crippen LogP contribution in [0, 0.1) is 0 Å². The van der Waals surface area contributed by atoms with Crippen LogP contribution in [-0.2, 0) is 9.59 Å². The number of likely N-dealkylation sites (tertiary alicyclic amines) is 1. The second-order valence-electron chi connectivity index (χ2n) is 6.03. The molecule has 1 aromatic carbocycles. The number of hydrogen-bond donors (Lipinski definition) is 0. The van der Waals surface area contributed by atoms with Gasteiger partial charge in [0.1, 0.15) is 0 Å². The maximum atomic E-state index is 12.3. The number of hydrogen-bond acceptors (Lipinski definition) is 3. The van der Waals surface area contributed by atoms with Gasteiger partial charge in [0.05, 0.1) is 28.3 Å². The first-order valence-electron chi connectivity index (χ1n) is 7.51. The molecule has 0 saturated carbocycles. The van der Waals surface area contributed by atoms with Gasteiger partial charge < -0.3 is 0 Å². The fraction of sp³-hybridized carbons (Fsp3) is 0.105. The molecule has 0 radical (unpaired) electrons. The highest BCUT2D eigenvalue weighted by atomic mass is 16.2. The van der Waals surface area contributed by atoms with Crippen molar-refractivity contribution in [2.45, 2.75) is 5.92 Å². The first kappa shape index (κ1) is 12.5. The minimum Gasteiger partial charge on any atom is -0.277 e. The molecule has 2 aliphatic carbocycles. The first-order valence-corrected chi connectivity index (χ1v) is 7.51. The van der Waals surface area contributed by atoms with Gasteiger partial charge >= 0.3 is 0 Å². The summed E-state index contributed by atoms with van der Waals surface area (Å²) in [7, 11) is 1.53. The quantitative estimate of drug-likeness (QED) is 0.760. The van der Waals surface area contributed by atoms with E-state index in [0.29, 0.717) is 11.1 Å². The summed E-state index contributed by atoms with van der Waals surface area (Å²) in [6.07, 6.45) is 3.89. The Morgan fingerprint density at radius 3 is 2.26 bits per heavy atom. The highest BCUT2D eigenvalue weighted by Gasteiger charge is 2.48. The van der Waals surface area contributed by atoms with Crippen LogP contribution in [0.15, 0.2) is 70.8 Å². The van der Waals surface area contributed by atoms with Gasteiger partial charge in [-0.3, -0.25) is 19.5 Å². The lowest BCUT2D eigenvalue weighted by Crippen LogP contribution is -2.25. The lowest BCUT2D eigenvalue weighted by molar-refractivity contribution is -0.134. The summed E-state index contributed by atoms with van der Waals surface area (Å²) in [6.45, 7) is 0. The van der Waals surface area contributed by atoms with Crippen LogP contribution < -0.4 is 0 Å². The third-order valence-corrected chi connectivity index (χ3v) is 4.84. The number of aromatic nitrogens is 1. The van der Waals surface area contributed by atoms with E-state index < -0.39 is 0 Å². The average molecular weight is 300 g/mol. The molecule has 0 atom stereocenters. The normalized spacial score (nSPS) is 19.8. The molecule has 4 nitrogen and oxygen atoms in total. The number of nitrogens with zero attached hydrogens (tertiary/aromatic N) is 2. The lowest BCUT2D eigenvalue weighted by atomic mass is 9.96. The molecule has 2 amide bonds. The molecule has 4 heteroatoms. The van der Waals surface area contributed by atoms with Crippen molar-refractivity contribution in [3.05, 3.63) is 76.5 Å². The van der Waals surface area contributed by atoms with Gasteiger partial charge in [-0.15, -0.1) is 0 Å². The average Bonchev–Trinajstić information content (AvgIpc) is 3.21. The third kappa shape index (κ3) is 1.43. The van der Waals surface area contributed by atoms with Crippen LogP contribution in [0.1, 0.15) is 11.6 Å². The largest absolute Gasteiger partial charge is 0.277 e. The van der Waals surface area contributed by atoms with Crippen LogP contribution in [0.2, 0.25) is 0 Å². The zero-order valence-corrected chi connectivity index (χ0v) is 12.4. The number of pyridine rings is 1. The molecule has 0 spiro atoms. The lowest BCUT2D eigenvalue weighted by Gasteiger charge is -2.13. The number of benzene rings is 1. The molecule has 1 saturated heterocycles. The highest BCUT2D eigenvalue weighted by molar-refractivity contribution is 6.27. The number of amides is 2. The Morgan fingerprint density at radius 2 is 1.57 bits per heavy atom. The van der Waals surface area contributed by atoms with Crippen molar-refractivity contribution in [1.29, 1.82) is 0 Å². The molecular formula is C19H12N2O2. The molecule has 23 heavy (non-hydrogen) atoms. The maximum absolute atomic E-state index is 12.3. The number of carbonyl (C=O) groups is 2. The van der Waals surface area contributed by atoms with Crippen LogP contribution in [0.25, 0.3) is 10.9 Å². The molecule has 2 heterocycles. The molecule has 5 rings (SSSR count). The van der Waals surface area contributed by atoms with Crippen LogP contribution >= 0.6 is 0 Å². The Balaban J connectivity index is 1.72. The van der Waals surface area contributed by atoms with Crippen molar-refractivity contribution in [2.24, 2.45) is 0 Å². The van der Waals surface area contributed by atoms with E-state index in [1.807, 2.05) is 48.6 Å². The second-order valence-corrected chi connectivity index (χ2v) is 6.03. The summed E-state index contributed by atoms with van der Waals surface area (Å²) in [6, 6.07) is 12.0. The van der Waals surface area contributed by atoms with Crippen molar-refractivity contribution in [1.82, 2.24) is 9.88 Å². The maximum Gasteiger partial charge on any atom is 0.261 e. The first-order chi connectivity index (χ1) is 11.2. The number of para-hydroxylation sites is 1. The minimum atomic E-state index is -0.204. The molecule has 0 unspecified atom stereocenters. The molecule has 3 aliphatic rings. The summed E-state index contributed by atoms with van der Waals surface area (Å²) in [5, 5.41) is 1.08. The molecule has 1 aromatic heterocycles. The van der Waals surface area contributed by atoms with E-state index in [1.165, 1.54) is 11.9 Å². The fourth-order valence-electron chi connectivity index (χ4n) is 3.73. The molecule has 0 N–H and O–H groups in total. The monoisotopic (exact) mass is 300 g/mol. The van der Waals surface area contributed by atoms with Crippen LogP contribution in [0.3, 0.4) is 0 Å². The van der Waals surface area contributed by atoms with E-state index >= 15 is 0 Å². The molecule has 1 aliphatic heterocycles. The Hall–Kier alpha value is -3.01. The van der Waals surface area contributed by atoms with Crippen molar-refractivity contribution in [2.75, 3.05) is 7.05 Å². The summed E-state index contributed by atoms with van der Waals surface area (Å²) in [5.74, 6) is -0.499. The minimum absolute atomic E-state index is 0.0915. The number of fused-ring (bicyclic) bond motifs is 4. The topological polar surface area (TPSA) is 50.3 Å². The Labute approximate surface area is 132 Å². The Kier molecular flexibility index (Phi) is 2.20.